The van der Waals surface area contributed by atoms with E-state index in [0.717, 1.165) is 11.3 Å². The maximum Gasteiger partial charge on any atom is 0.363 e. The topological polar surface area (TPSA) is 68.4 Å². The Morgan fingerprint density at radius 1 is 1.29 bits per heavy atom. The third kappa shape index (κ3) is 1.90. The maximum atomic E-state index is 12.9. The average molecular weight is 311 g/mol. The predicted octanol–water partition coefficient (Wildman–Crippen LogP) is 2.48. The number of amides is 1. The number of para-hydroxylation sites is 1. The minimum atomic E-state index is -3.48. The molecule has 2 atom stereocenters. The number of hydrogen-bond acceptors (Lipinski definition) is 5. The van der Waals surface area contributed by atoms with Gasteiger partial charge in [0.25, 0.3) is 5.91 Å². The Labute approximate surface area is 123 Å². The first-order valence-electron chi connectivity index (χ1n) is 6.95. The summed E-state index contributed by atoms with van der Waals surface area (Å²) < 4.78 is 29.1. The number of nitrogens with zero attached hydrogens (tertiary/aromatic N) is 1. The van der Waals surface area contributed by atoms with Crippen molar-refractivity contribution < 1.29 is 23.1 Å². The number of carbonyl (C=O) groups excluding carboxylic acids is 1. The fraction of sp³-hybridized carbons (Fsp3) is 0.500. The summed E-state index contributed by atoms with van der Waals surface area (Å²) in [5, 5.41) is 0. The highest BCUT2D eigenvalue weighted by Gasteiger charge is 2.76. The van der Waals surface area contributed by atoms with Crippen LogP contribution >= 0.6 is 7.60 Å². The van der Waals surface area contributed by atoms with Crippen molar-refractivity contribution in [2.45, 2.75) is 25.3 Å². The Morgan fingerprint density at radius 2 is 1.90 bits per heavy atom. The molecule has 0 aromatic heterocycles. The van der Waals surface area contributed by atoms with Gasteiger partial charge in [-0.3, -0.25) is 9.36 Å². The Hall–Kier alpha value is -1.20. The highest BCUT2D eigenvalue weighted by atomic mass is 31.2. The summed E-state index contributed by atoms with van der Waals surface area (Å²) in [5.74, 6) is -1.10. The molecule has 0 radical (unpaired) electrons. The van der Waals surface area contributed by atoms with Gasteiger partial charge >= 0.3 is 7.60 Å². The fourth-order valence-electron chi connectivity index (χ4n) is 2.87. The van der Waals surface area contributed by atoms with E-state index in [9.17, 15) is 9.36 Å². The number of anilines is 1. The van der Waals surface area contributed by atoms with Gasteiger partial charge in [-0.25, -0.2) is 0 Å². The second kappa shape index (κ2) is 4.92. The molecule has 1 amide bonds. The van der Waals surface area contributed by atoms with Gasteiger partial charge in [-0.2, -0.15) is 0 Å². The van der Waals surface area contributed by atoms with Crippen LogP contribution in [0.1, 0.15) is 19.4 Å². The summed E-state index contributed by atoms with van der Waals surface area (Å²) in [4.78, 5) is 14.1. The van der Waals surface area contributed by atoms with E-state index in [1.807, 2.05) is 24.3 Å². The van der Waals surface area contributed by atoms with Crippen LogP contribution in [0.2, 0.25) is 0 Å². The van der Waals surface area contributed by atoms with Crippen LogP contribution in [-0.2, 0) is 28.7 Å². The zero-order valence-corrected chi connectivity index (χ0v) is 13.1. The lowest BCUT2D eigenvalue weighted by molar-refractivity contribution is -0.122. The van der Waals surface area contributed by atoms with Gasteiger partial charge in [0.1, 0.15) is 0 Å². The molecule has 1 aromatic rings. The number of likely N-dealkylation sites (N-methyl/N-ethyl adjacent to an activating group) is 1. The van der Waals surface area contributed by atoms with Crippen molar-refractivity contribution in [3.63, 3.8) is 0 Å². The van der Waals surface area contributed by atoms with E-state index in [1.165, 1.54) is 4.90 Å². The van der Waals surface area contributed by atoms with Gasteiger partial charge in [-0.1, -0.05) is 18.2 Å². The molecule has 2 aliphatic rings. The van der Waals surface area contributed by atoms with Crippen LogP contribution in [0.15, 0.2) is 24.3 Å². The van der Waals surface area contributed by atoms with Gasteiger partial charge in [0.05, 0.1) is 18.9 Å². The Kier molecular flexibility index (Phi) is 3.45. The highest BCUT2D eigenvalue weighted by molar-refractivity contribution is 7.55. The summed E-state index contributed by atoms with van der Waals surface area (Å²) in [7, 11) is -1.80. The zero-order valence-electron chi connectivity index (χ0n) is 12.2. The Bertz CT molecular complexity index is 624. The second-order valence-electron chi connectivity index (χ2n) is 4.96. The van der Waals surface area contributed by atoms with Crippen molar-refractivity contribution in [1.29, 1.82) is 0 Å². The molecule has 0 bridgehead atoms. The average Bonchev–Trinajstić information content (AvgIpc) is 3.19. The Balaban J connectivity index is 2.02. The standard InChI is InChI=1S/C14H18NO5P/c1-4-18-21(17,19-5-2)13-14(20-13)10-8-6-7-9-11(10)15(3)12(14)16/h6-9,13H,4-5H2,1-3H3/t13-,14-/m0/s1. The number of ether oxygens (including phenoxy) is 1. The van der Waals surface area contributed by atoms with Gasteiger partial charge < -0.3 is 18.7 Å². The first-order chi connectivity index (χ1) is 10.0. The largest absolute Gasteiger partial charge is 0.363 e. The second-order valence-corrected chi connectivity index (χ2v) is 7.03. The number of benzene rings is 1. The van der Waals surface area contributed by atoms with Crippen LogP contribution in [0.4, 0.5) is 5.69 Å². The molecule has 1 spiro atoms. The van der Waals surface area contributed by atoms with Gasteiger partial charge in [-0.15, -0.1) is 0 Å². The van der Waals surface area contributed by atoms with Crippen LogP contribution in [0.5, 0.6) is 0 Å². The normalized spacial score (nSPS) is 27.3. The fourth-order valence-corrected chi connectivity index (χ4v) is 4.92. The smallest absolute Gasteiger partial charge is 0.337 e. The molecule has 0 N–H and O–H groups in total. The van der Waals surface area contributed by atoms with Crippen molar-refractivity contribution in [3.05, 3.63) is 29.8 Å². The molecule has 1 fully saturated rings. The lowest BCUT2D eigenvalue weighted by Crippen LogP contribution is -2.31. The summed E-state index contributed by atoms with van der Waals surface area (Å²) in [6.07, 6.45) is 0. The summed E-state index contributed by atoms with van der Waals surface area (Å²) in [5.41, 5.74) is 0.275. The zero-order chi connectivity index (χ0) is 15.3. The molecule has 2 heterocycles. The monoisotopic (exact) mass is 311 g/mol. The van der Waals surface area contributed by atoms with Crippen molar-refractivity contribution >= 4 is 19.2 Å². The SMILES string of the molecule is CCOP(=O)(OCC)[C@@H]1O[C@@]12C(=O)N(C)c1ccccc12. The molecule has 1 aromatic carbocycles. The highest BCUT2D eigenvalue weighted by Crippen LogP contribution is 2.71. The van der Waals surface area contributed by atoms with Crippen LogP contribution in [0, 0.1) is 0 Å². The van der Waals surface area contributed by atoms with Gasteiger partial charge in [0, 0.05) is 12.6 Å². The number of hydrogen-bond donors (Lipinski definition) is 0. The maximum absolute atomic E-state index is 12.9. The first-order valence-corrected chi connectivity index (χ1v) is 8.56. The third-order valence-corrected chi connectivity index (χ3v) is 6.06. The van der Waals surface area contributed by atoms with Crippen molar-refractivity contribution in [1.82, 2.24) is 0 Å². The molecule has 0 saturated carbocycles. The summed E-state index contributed by atoms with van der Waals surface area (Å²) >= 11 is 0. The van der Waals surface area contributed by atoms with E-state index in [0.29, 0.717) is 0 Å². The molecule has 6 nitrogen and oxygen atoms in total. The van der Waals surface area contributed by atoms with Gasteiger partial charge in [0.2, 0.25) is 11.4 Å². The number of fused-ring (bicyclic) bond motifs is 2. The van der Waals surface area contributed by atoms with E-state index >= 15 is 0 Å². The van der Waals surface area contributed by atoms with E-state index < -0.39 is 19.0 Å². The number of rotatable bonds is 5. The van der Waals surface area contributed by atoms with Crippen LogP contribution in [0.3, 0.4) is 0 Å². The molecule has 114 valence electrons. The first kappa shape index (κ1) is 14.7. The molecule has 3 rings (SSSR count). The summed E-state index contributed by atoms with van der Waals surface area (Å²) in [6.45, 7) is 3.94. The molecular formula is C14H18NO5P. The number of epoxide rings is 1. The molecular weight excluding hydrogens is 293 g/mol. The van der Waals surface area contributed by atoms with Gasteiger partial charge in [-0.05, 0) is 19.9 Å². The van der Waals surface area contributed by atoms with Gasteiger partial charge in [0.15, 0.2) is 0 Å². The van der Waals surface area contributed by atoms with Crippen LogP contribution in [-0.4, -0.2) is 32.0 Å². The predicted molar refractivity (Wildman–Crippen MR) is 77.3 cm³/mol. The van der Waals surface area contributed by atoms with Crippen molar-refractivity contribution in [3.8, 4) is 0 Å². The molecule has 7 heteroatoms. The minimum Gasteiger partial charge on any atom is -0.337 e. The van der Waals surface area contributed by atoms with E-state index in [1.54, 1.807) is 20.9 Å². The minimum absolute atomic E-state index is 0.228. The van der Waals surface area contributed by atoms with Crippen LogP contribution in [0.25, 0.3) is 0 Å². The molecule has 0 aliphatic carbocycles. The van der Waals surface area contributed by atoms with E-state index in [2.05, 4.69) is 0 Å². The molecule has 21 heavy (non-hydrogen) atoms. The summed E-state index contributed by atoms with van der Waals surface area (Å²) in [6, 6.07) is 7.34. The van der Waals surface area contributed by atoms with Crippen molar-refractivity contribution in [2.24, 2.45) is 0 Å². The van der Waals surface area contributed by atoms with Crippen LogP contribution < -0.4 is 4.90 Å². The van der Waals surface area contributed by atoms with E-state index in [-0.39, 0.29) is 19.1 Å². The lowest BCUT2D eigenvalue weighted by Gasteiger charge is -2.16. The Morgan fingerprint density at radius 3 is 2.52 bits per heavy atom. The molecule has 1 saturated heterocycles. The third-order valence-electron chi connectivity index (χ3n) is 3.78. The quantitative estimate of drug-likeness (QED) is 0.617. The molecule has 2 aliphatic heterocycles. The number of carbonyl (C=O) groups is 1. The molecule has 0 unspecified atom stereocenters. The lowest BCUT2D eigenvalue weighted by atomic mass is 10.0. The van der Waals surface area contributed by atoms with E-state index in [4.69, 9.17) is 13.8 Å². The van der Waals surface area contributed by atoms with Crippen molar-refractivity contribution in [2.75, 3.05) is 25.2 Å².